The lowest BCUT2D eigenvalue weighted by Crippen LogP contribution is -2.17. The van der Waals surface area contributed by atoms with Crippen LogP contribution in [0.15, 0.2) is 18.2 Å². The van der Waals surface area contributed by atoms with E-state index in [1.165, 1.54) is 37.5 Å². The zero-order valence-electron chi connectivity index (χ0n) is 24.5. The van der Waals surface area contributed by atoms with Crippen LogP contribution in [0.3, 0.4) is 0 Å². The second-order valence-electron chi connectivity index (χ2n) is 10.6. The van der Waals surface area contributed by atoms with Crippen LogP contribution in [-0.2, 0) is 14.2 Å². The van der Waals surface area contributed by atoms with Crippen LogP contribution < -0.4 is 0 Å². The number of ether oxygens (including phenoxy) is 3. The van der Waals surface area contributed by atoms with Gasteiger partial charge in [0.15, 0.2) is 0 Å². The van der Waals surface area contributed by atoms with Crippen LogP contribution in [-0.4, -0.2) is 37.7 Å². The Morgan fingerprint density at radius 3 is 1.53 bits per heavy atom. The van der Waals surface area contributed by atoms with Crippen molar-refractivity contribution in [1.82, 2.24) is 0 Å². The molecule has 0 aromatic heterocycles. The molecular formula is C32H52O6. The molecule has 0 N–H and O–H groups in total. The van der Waals surface area contributed by atoms with E-state index in [0.717, 1.165) is 77.0 Å². The second kappa shape index (κ2) is 21.6. The summed E-state index contributed by atoms with van der Waals surface area (Å²) < 4.78 is 16.3. The molecular weight excluding hydrogens is 480 g/mol. The SMILES string of the molecule is CCCCCCCOC(=O)c1ccc(C(=O)OCCCCCCC)c(C(=O)OCCCCCCC(C)C)c1. The average Bonchev–Trinajstić information content (AvgIpc) is 2.91. The van der Waals surface area contributed by atoms with Crippen LogP contribution in [0.4, 0.5) is 0 Å². The molecule has 1 aromatic rings. The largest absolute Gasteiger partial charge is 0.462 e. The smallest absolute Gasteiger partial charge is 0.339 e. The van der Waals surface area contributed by atoms with E-state index >= 15 is 0 Å². The third-order valence-electron chi connectivity index (χ3n) is 6.57. The summed E-state index contributed by atoms with van der Waals surface area (Å²) in [4.78, 5) is 38.3. The Hall–Kier alpha value is -2.37. The third kappa shape index (κ3) is 15.1. The Morgan fingerprint density at radius 1 is 0.579 bits per heavy atom. The van der Waals surface area contributed by atoms with Gasteiger partial charge in [0.05, 0.1) is 36.5 Å². The molecule has 0 saturated carbocycles. The van der Waals surface area contributed by atoms with Gasteiger partial charge in [0.25, 0.3) is 0 Å². The molecule has 216 valence electrons. The molecule has 0 saturated heterocycles. The monoisotopic (exact) mass is 532 g/mol. The summed E-state index contributed by atoms with van der Waals surface area (Å²) in [6, 6.07) is 4.39. The van der Waals surface area contributed by atoms with Crippen LogP contribution in [0, 0.1) is 5.92 Å². The van der Waals surface area contributed by atoms with Gasteiger partial charge in [-0.2, -0.15) is 0 Å². The van der Waals surface area contributed by atoms with Gasteiger partial charge in [-0.05, 0) is 43.4 Å². The van der Waals surface area contributed by atoms with E-state index in [0.29, 0.717) is 19.1 Å². The van der Waals surface area contributed by atoms with Crippen molar-refractivity contribution >= 4 is 17.9 Å². The van der Waals surface area contributed by atoms with E-state index in [9.17, 15) is 14.4 Å². The van der Waals surface area contributed by atoms with Crippen molar-refractivity contribution in [3.63, 3.8) is 0 Å². The Labute approximate surface area is 231 Å². The van der Waals surface area contributed by atoms with Gasteiger partial charge < -0.3 is 14.2 Å². The maximum Gasteiger partial charge on any atom is 0.339 e. The number of carbonyl (C=O) groups excluding carboxylic acids is 3. The van der Waals surface area contributed by atoms with E-state index in [1.807, 2.05) is 0 Å². The molecule has 6 nitrogen and oxygen atoms in total. The zero-order valence-corrected chi connectivity index (χ0v) is 24.5. The van der Waals surface area contributed by atoms with Crippen LogP contribution in [0.5, 0.6) is 0 Å². The molecule has 38 heavy (non-hydrogen) atoms. The van der Waals surface area contributed by atoms with E-state index in [2.05, 4.69) is 27.7 Å². The summed E-state index contributed by atoms with van der Waals surface area (Å²) >= 11 is 0. The number of hydrogen-bond donors (Lipinski definition) is 0. The Balaban J connectivity index is 2.75. The first kappa shape index (κ1) is 33.7. The third-order valence-corrected chi connectivity index (χ3v) is 6.57. The fourth-order valence-electron chi connectivity index (χ4n) is 4.17. The lowest BCUT2D eigenvalue weighted by molar-refractivity contribution is 0.0448. The summed E-state index contributed by atoms with van der Waals surface area (Å²) in [5, 5.41) is 0. The van der Waals surface area contributed by atoms with Crippen LogP contribution in [0.25, 0.3) is 0 Å². The molecule has 1 rings (SSSR count). The van der Waals surface area contributed by atoms with Gasteiger partial charge in [-0.3, -0.25) is 0 Å². The summed E-state index contributed by atoms with van der Waals surface area (Å²) in [6.07, 6.45) is 15.7. The van der Waals surface area contributed by atoms with Gasteiger partial charge in [0, 0.05) is 0 Å². The number of carbonyl (C=O) groups is 3. The van der Waals surface area contributed by atoms with Crippen molar-refractivity contribution in [3.05, 3.63) is 34.9 Å². The van der Waals surface area contributed by atoms with E-state index in [-0.39, 0.29) is 23.3 Å². The van der Waals surface area contributed by atoms with Crippen molar-refractivity contribution in [3.8, 4) is 0 Å². The summed E-state index contributed by atoms with van der Waals surface area (Å²) in [7, 11) is 0. The van der Waals surface area contributed by atoms with Gasteiger partial charge in [-0.1, -0.05) is 105 Å². The molecule has 6 heteroatoms. The highest BCUT2D eigenvalue weighted by atomic mass is 16.5. The molecule has 0 heterocycles. The van der Waals surface area contributed by atoms with Crippen LogP contribution in [0.1, 0.15) is 155 Å². The normalized spacial score (nSPS) is 11.0. The topological polar surface area (TPSA) is 78.9 Å². The standard InChI is InChI=1S/C32H52O6/c1-5-7-9-12-16-22-36-30(33)27-20-21-28(31(34)37-23-17-13-10-8-6-2)29(25-27)32(35)38-24-18-14-11-15-19-26(3)4/h20-21,25-26H,5-19,22-24H2,1-4H3. The lowest BCUT2D eigenvalue weighted by atomic mass is 10.0. The molecule has 0 bridgehead atoms. The highest BCUT2D eigenvalue weighted by molar-refractivity contribution is 6.05. The highest BCUT2D eigenvalue weighted by Gasteiger charge is 2.22. The molecule has 0 aliphatic carbocycles. The van der Waals surface area contributed by atoms with Gasteiger partial charge in [-0.15, -0.1) is 0 Å². The van der Waals surface area contributed by atoms with Gasteiger partial charge >= 0.3 is 17.9 Å². The molecule has 0 spiro atoms. The van der Waals surface area contributed by atoms with E-state index in [1.54, 1.807) is 0 Å². The summed E-state index contributed by atoms with van der Waals surface area (Å²) in [6.45, 7) is 9.65. The van der Waals surface area contributed by atoms with Crippen LogP contribution >= 0.6 is 0 Å². The maximum absolute atomic E-state index is 12.9. The predicted molar refractivity (Wildman–Crippen MR) is 153 cm³/mol. The second-order valence-corrected chi connectivity index (χ2v) is 10.6. The minimum atomic E-state index is -0.615. The minimum absolute atomic E-state index is 0.0539. The first-order chi connectivity index (χ1) is 18.4. The fraction of sp³-hybridized carbons (Fsp3) is 0.719. The Bertz CT molecular complexity index is 801. The number of rotatable bonds is 22. The van der Waals surface area contributed by atoms with Crippen molar-refractivity contribution < 1.29 is 28.6 Å². The zero-order chi connectivity index (χ0) is 28.0. The van der Waals surface area contributed by atoms with Crippen molar-refractivity contribution in [2.75, 3.05) is 19.8 Å². The first-order valence-corrected chi connectivity index (χ1v) is 15.1. The number of hydrogen-bond acceptors (Lipinski definition) is 6. The van der Waals surface area contributed by atoms with E-state index in [4.69, 9.17) is 14.2 Å². The number of benzene rings is 1. The lowest BCUT2D eigenvalue weighted by Gasteiger charge is -2.12. The molecule has 0 aliphatic heterocycles. The molecule has 0 unspecified atom stereocenters. The van der Waals surface area contributed by atoms with Crippen molar-refractivity contribution in [1.29, 1.82) is 0 Å². The predicted octanol–water partition coefficient (Wildman–Crippen LogP) is 8.70. The number of unbranched alkanes of at least 4 members (excludes halogenated alkanes) is 11. The van der Waals surface area contributed by atoms with Crippen molar-refractivity contribution in [2.24, 2.45) is 5.92 Å². The van der Waals surface area contributed by atoms with Gasteiger partial charge in [-0.25, -0.2) is 14.4 Å². The molecule has 0 atom stereocenters. The quantitative estimate of drug-likeness (QED) is 0.0844. The summed E-state index contributed by atoms with van der Waals surface area (Å²) in [5.41, 5.74) is 0.408. The van der Waals surface area contributed by atoms with Crippen molar-refractivity contribution in [2.45, 2.75) is 124 Å². The minimum Gasteiger partial charge on any atom is -0.462 e. The Morgan fingerprint density at radius 2 is 1.03 bits per heavy atom. The van der Waals surface area contributed by atoms with Gasteiger partial charge in [0.2, 0.25) is 0 Å². The maximum atomic E-state index is 12.9. The molecule has 1 aromatic carbocycles. The molecule has 0 radical (unpaired) electrons. The average molecular weight is 533 g/mol. The number of esters is 3. The van der Waals surface area contributed by atoms with E-state index < -0.39 is 17.9 Å². The highest BCUT2D eigenvalue weighted by Crippen LogP contribution is 2.18. The first-order valence-electron chi connectivity index (χ1n) is 15.1. The van der Waals surface area contributed by atoms with Crippen LogP contribution in [0.2, 0.25) is 0 Å². The molecule has 0 aliphatic rings. The summed E-state index contributed by atoms with van der Waals surface area (Å²) in [5.74, 6) is -0.994. The Kier molecular flexibility index (Phi) is 19.1. The van der Waals surface area contributed by atoms with Gasteiger partial charge in [0.1, 0.15) is 0 Å². The molecule has 0 fully saturated rings. The fourth-order valence-corrected chi connectivity index (χ4v) is 4.17. The molecule has 0 amide bonds.